The molecule has 0 saturated heterocycles. The van der Waals surface area contributed by atoms with Gasteiger partial charge in [-0.3, -0.25) is 4.98 Å². The van der Waals surface area contributed by atoms with Gasteiger partial charge in [0.2, 0.25) is 0 Å². The van der Waals surface area contributed by atoms with Crippen molar-refractivity contribution in [3.05, 3.63) is 163 Å². The maximum absolute atomic E-state index is 10.6. The van der Waals surface area contributed by atoms with Crippen molar-refractivity contribution < 1.29 is 34.3 Å². The summed E-state index contributed by atoms with van der Waals surface area (Å²) in [5, 5.41) is 0. The van der Waals surface area contributed by atoms with E-state index >= 15 is 0 Å². The Morgan fingerprint density at radius 1 is 0.647 bits per heavy atom. The summed E-state index contributed by atoms with van der Waals surface area (Å²) < 4.78 is 24.7. The number of pyridine rings is 1. The van der Waals surface area contributed by atoms with E-state index in [-0.39, 0.29) is 32.4 Å². The molecule has 0 unspecified atom stereocenters. The van der Waals surface area contributed by atoms with Gasteiger partial charge in [-0.15, -0.1) is 36.4 Å². The number of rotatable bonds is 3. The Kier molecular flexibility index (Phi) is 17.1. The molecule has 0 aliphatic heterocycles. The van der Waals surface area contributed by atoms with E-state index in [1.807, 2.05) is 91.0 Å². The fourth-order valence-electron chi connectivity index (χ4n) is 2.11. The van der Waals surface area contributed by atoms with Crippen molar-refractivity contribution in [2.45, 2.75) is 6.54 Å². The second-order valence-corrected chi connectivity index (χ2v) is 8.52. The Morgan fingerprint density at radius 3 is 1.24 bits per heavy atom. The molecule has 1 heterocycles. The van der Waals surface area contributed by atoms with Crippen LogP contribution < -0.4 is 0 Å². The molecule has 0 aliphatic rings. The van der Waals surface area contributed by atoms with Crippen molar-refractivity contribution >= 4 is 10.0 Å². The monoisotopic (exact) mass is 638 g/mol. The summed E-state index contributed by atoms with van der Waals surface area (Å²) in [7, 11) is -3.24. The molecule has 0 amide bonds. The van der Waals surface area contributed by atoms with Crippen LogP contribution in [0.4, 0.5) is 0 Å². The van der Waals surface area contributed by atoms with Gasteiger partial charge in [-0.2, -0.15) is 73.9 Å². The molecular formula is C28H30HfN2O2S. The molecule has 6 heteroatoms. The standard InChI is InChI=1S/C7H9N2O2S.3C7H7.Hf/c1-12(10,11)9-6-7-4-2-3-5-8-7;3*1-7-5-3-2-4-6-7;/h2-5H,6H2,1H3;3*2-6H,1H2;/q4*-1;+4. The minimum atomic E-state index is -3.24. The van der Waals surface area contributed by atoms with Crippen LogP contribution in [0.3, 0.4) is 0 Å². The van der Waals surface area contributed by atoms with Crippen molar-refractivity contribution in [2.75, 3.05) is 6.26 Å². The fraction of sp³-hybridized carbons (Fsp3) is 0.0714. The van der Waals surface area contributed by atoms with E-state index in [0.29, 0.717) is 5.69 Å². The van der Waals surface area contributed by atoms with Gasteiger partial charge in [-0.25, -0.2) is 8.42 Å². The SMILES string of the molecule is CS(=O)(=O)[N-]Cc1ccccn1.[CH2-]c1ccccc1.[CH2-]c1ccccc1.[CH2-]c1ccccc1.[Hf+4]. The predicted molar refractivity (Wildman–Crippen MR) is 139 cm³/mol. The van der Waals surface area contributed by atoms with Crippen LogP contribution in [-0.4, -0.2) is 19.7 Å². The van der Waals surface area contributed by atoms with Crippen LogP contribution in [0.5, 0.6) is 0 Å². The molecule has 3 aromatic carbocycles. The first-order chi connectivity index (χ1) is 15.8. The zero-order chi connectivity index (χ0) is 24.4. The molecule has 4 aromatic rings. The molecule has 34 heavy (non-hydrogen) atoms. The molecule has 0 N–H and O–H groups in total. The zero-order valence-corrected chi connectivity index (χ0v) is 23.8. The van der Waals surface area contributed by atoms with Crippen LogP contribution in [0, 0.1) is 20.8 Å². The summed E-state index contributed by atoms with van der Waals surface area (Å²) >= 11 is 0. The number of sulfonamides is 1. The third kappa shape index (κ3) is 18.7. The number of nitrogens with zero attached hydrogens (tertiary/aromatic N) is 2. The van der Waals surface area contributed by atoms with Gasteiger partial charge >= 0.3 is 25.8 Å². The second-order valence-electron chi connectivity index (χ2n) is 6.80. The van der Waals surface area contributed by atoms with E-state index in [9.17, 15) is 8.42 Å². The van der Waals surface area contributed by atoms with Gasteiger partial charge in [0.25, 0.3) is 0 Å². The molecule has 0 radical (unpaired) electrons. The number of hydrogen-bond donors (Lipinski definition) is 0. The normalized spacial score (nSPS) is 9.32. The molecule has 1 aromatic heterocycles. The molecule has 0 aliphatic carbocycles. The third-order valence-electron chi connectivity index (χ3n) is 3.72. The maximum atomic E-state index is 10.6. The molecule has 0 saturated carbocycles. The van der Waals surface area contributed by atoms with E-state index in [0.717, 1.165) is 22.9 Å². The van der Waals surface area contributed by atoms with Crippen LogP contribution in [0.2, 0.25) is 0 Å². The van der Waals surface area contributed by atoms with Gasteiger partial charge in [0.1, 0.15) is 0 Å². The first-order valence-corrected chi connectivity index (χ1v) is 12.0. The average molecular weight is 637 g/mol. The Balaban J connectivity index is 0.000000437. The summed E-state index contributed by atoms with van der Waals surface area (Å²) in [6.07, 6.45) is 2.67. The Bertz CT molecular complexity index is 1010. The summed E-state index contributed by atoms with van der Waals surface area (Å²) in [6.45, 7) is 11.3. The molecule has 0 fully saturated rings. The molecule has 4 nitrogen and oxygen atoms in total. The van der Waals surface area contributed by atoms with E-state index < -0.39 is 10.0 Å². The van der Waals surface area contributed by atoms with Gasteiger partial charge in [0.05, 0.1) is 10.0 Å². The summed E-state index contributed by atoms with van der Waals surface area (Å²) in [5.74, 6) is 0. The second kappa shape index (κ2) is 18.6. The average Bonchev–Trinajstić information content (AvgIpc) is 2.81. The largest absolute Gasteiger partial charge is 4.00 e. The van der Waals surface area contributed by atoms with Gasteiger partial charge in [0, 0.05) is 18.1 Å². The quantitative estimate of drug-likeness (QED) is 0.190. The molecule has 0 spiro atoms. The van der Waals surface area contributed by atoms with Crippen LogP contribution in [0.1, 0.15) is 22.4 Å². The van der Waals surface area contributed by atoms with Crippen LogP contribution in [0.15, 0.2) is 115 Å². The maximum Gasteiger partial charge on any atom is 4.00 e. The minimum Gasteiger partial charge on any atom is -0.544 e. The topological polar surface area (TPSA) is 61.1 Å². The van der Waals surface area contributed by atoms with Crippen molar-refractivity contribution in [3.63, 3.8) is 0 Å². The van der Waals surface area contributed by atoms with Crippen molar-refractivity contribution in [1.29, 1.82) is 0 Å². The summed E-state index contributed by atoms with van der Waals surface area (Å²) in [6, 6.07) is 34.9. The summed E-state index contributed by atoms with van der Waals surface area (Å²) in [5.41, 5.74) is 3.87. The van der Waals surface area contributed by atoms with Crippen molar-refractivity contribution in [2.24, 2.45) is 0 Å². The van der Waals surface area contributed by atoms with E-state index in [4.69, 9.17) is 0 Å². The third-order valence-corrected chi connectivity index (χ3v) is 4.31. The molecule has 0 atom stereocenters. The summed E-state index contributed by atoms with van der Waals surface area (Å²) in [4.78, 5) is 3.92. The van der Waals surface area contributed by atoms with Gasteiger partial charge < -0.3 is 4.72 Å². The van der Waals surface area contributed by atoms with E-state index in [1.165, 1.54) is 0 Å². The van der Waals surface area contributed by atoms with Crippen LogP contribution >= 0.6 is 0 Å². The smallest absolute Gasteiger partial charge is 0.544 e. The molecule has 4 rings (SSSR count). The fourth-order valence-corrected chi connectivity index (χ4v) is 2.48. The van der Waals surface area contributed by atoms with E-state index in [2.05, 4.69) is 30.5 Å². The first-order valence-electron chi connectivity index (χ1n) is 10.2. The van der Waals surface area contributed by atoms with Crippen molar-refractivity contribution in [3.8, 4) is 0 Å². The Labute approximate surface area is 224 Å². The number of aromatic nitrogens is 1. The van der Waals surface area contributed by atoms with Gasteiger partial charge in [-0.05, 0) is 12.1 Å². The number of hydrogen-bond acceptors (Lipinski definition) is 3. The Hall–Kier alpha value is -2.80. The molecule has 174 valence electrons. The zero-order valence-electron chi connectivity index (χ0n) is 19.4. The van der Waals surface area contributed by atoms with Gasteiger partial charge in [-0.1, -0.05) is 30.8 Å². The van der Waals surface area contributed by atoms with Crippen molar-refractivity contribution in [1.82, 2.24) is 4.98 Å². The van der Waals surface area contributed by atoms with Crippen LogP contribution in [0.25, 0.3) is 4.72 Å². The number of benzene rings is 3. The van der Waals surface area contributed by atoms with E-state index in [1.54, 1.807) is 24.4 Å². The molecular weight excluding hydrogens is 607 g/mol. The first kappa shape index (κ1) is 31.2. The predicted octanol–water partition coefficient (Wildman–Crippen LogP) is 6.52. The molecule has 0 bridgehead atoms. The Morgan fingerprint density at radius 2 is 1.00 bits per heavy atom. The van der Waals surface area contributed by atoms with Gasteiger partial charge in [0.15, 0.2) is 0 Å². The van der Waals surface area contributed by atoms with Crippen LogP contribution in [-0.2, 0) is 42.4 Å². The minimum absolute atomic E-state index is 0.